The first-order valence-corrected chi connectivity index (χ1v) is 3.91. The first-order chi connectivity index (χ1) is 5.81. The van der Waals surface area contributed by atoms with Gasteiger partial charge in [0.15, 0.2) is 0 Å². The Labute approximate surface area is 95.1 Å². The molecule has 0 fully saturated rings. The highest BCUT2D eigenvalue weighted by atomic mass is 35.5. The molecule has 2 aromatic rings. The number of imidazole rings is 1. The van der Waals surface area contributed by atoms with Gasteiger partial charge in [-0.05, 0) is 17.7 Å². The number of halogens is 2. The Morgan fingerprint density at radius 1 is 1.36 bits per heavy atom. The maximum absolute atomic E-state index is 5.53. The molecule has 0 saturated carbocycles. The summed E-state index contributed by atoms with van der Waals surface area (Å²) < 4.78 is 1.99. The average Bonchev–Trinajstić information content (AvgIpc) is 2.47. The summed E-state index contributed by atoms with van der Waals surface area (Å²) in [5.74, 6) is 0. The molecular weight excluding hydrogens is 221 g/mol. The molecule has 1 aromatic carbocycles. The van der Waals surface area contributed by atoms with Crippen molar-refractivity contribution in [2.45, 2.75) is 6.54 Å². The molecule has 2 N–H and O–H groups in total. The largest absolute Gasteiger partial charge is 0.334 e. The van der Waals surface area contributed by atoms with Crippen molar-refractivity contribution in [3.8, 4) is 0 Å². The number of aryl methyl sites for hydroxylation is 1. The van der Waals surface area contributed by atoms with Gasteiger partial charge in [0.2, 0.25) is 0 Å². The van der Waals surface area contributed by atoms with Gasteiger partial charge in [-0.2, -0.15) is 0 Å². The highest BCUT2D eigenvalue weighted by molar-refractivity contribution is 5.85. The van der Waals surface area contributed by atoms with E-state index in [0.29, 0.717) is 6.54 Å². The predicted octanol–water partition coefficient (Wildman–Crippen LogP) is 1.88. The number of fused-ring (bicyclic) bond motifs is 1. The van der Waals surface area contributed by atoms with Crippen molar-refractivity contribution in [3.63, 3.8) is 0 Å². The molecule has 2 rings (SSSR count). The molecule has 0 radical (unpaired) electrons. The molecular formula is C9H13Cl2N3. The zero-order chi connectivity index (χ0) is 8.55. The van der Waals surface area contributed by atoms with E-state index < -0.39 is 0 Å². The van der Waals surface area contributed by atoms with Crippen LogP contribution >= 0.6 is 24.8 Å². The van der Waals surface area contributed by atoms with E-state index in [1.54, 1.807) is 0 Å². The van der Waals surface area contributed by atoms with Crippen LogP contribution in [0.5, 0.6) is 0 Å². The van der Waals surface area contributed by atoms with E-state index in [4.69, 9.17) is 5.73 Å². The number of nitrogens with zero attached hydrogens (tertiary/aromatic N) is 2. The summed E-state index contributed by atoms with van der Waals surface area (Å²) in [5, 5.41) is 0. The molecule has 0 aliphatic rings. The smallest absolute Gasteiger partial charge is 0.0955 e. The van der Waals surface area contributed by atoms with Crippen LogP contribution in [0.2, 0.25) is 0 Å². The molecule has 14 heavy (non-hydrogen) atoms. The molecule has 0 atom stereocenters. The van der Waals surface area contributed by atoms with Crippen LogP contribution in [0.15, 0.2) is 24.5 Å². The fourth-order valence-electron chi connectivity index (χ4n) is 1.30. The topological polar surface area (TPSA) is 43.8 Å². The summed E-state index contributed by atoms with van der Waals surface area (Å²) >= 11 is 0. The third kappa shape index (κ3) is 2.18. The summed E-state index contributed by atoms with van der Waals surface area (Å²) in [6.07, 6.45) is 1.81. The van der Waals surface area contributed by atoms with Crippen LogP contribution in [0.4, 0.5) is 0 Å². The van der Waals surface area contributed by atoms with Gasteiger partial charge in [0.25, 0.3) is 0 Å². The van der Waals surface area contributed by atoms with Gasteiger partial charge in [-0.25, -0.2) is 4.98 Å². The van der Waals surface area contributed by atoms with Gasteiger partial charge in [0, 0.05) is 13.6 Å². The molecule has 1 aromatic heterocycles. The van der Waals surface area contributed by atoms with Crippen molar-refractivity contribution in [3.05, 3.63) is 30.1 Å². The van der Waals surface area contributed by atoms with E-state index in [-0.39, 0.29) is 24.8 Å². The van der Waals surface area contributed by atoms with Crippen LogP contribution in [0, 0.1) is 0 Å². The highest BCUT2D eigenvalue weighted by Gasteiger charge is 1.98. The minimum atomic E-state index is 0. The van der Waals surface area contributed by atoms with Gasteiger partial charge >= 0.3 is 0 Å². The first-order valence-electron chi connectivity index (χ1n) is 3.91. The van der Waals surface area contributed by atoms with E-state index in [9.17, 15) is 0 Å². The lowest BCUT2D eigenvalue weighted by Crippen LogP contribution is -1.96. The summed E-state index contributed by atoms with van der Waals surface area (Å²) in [7, 11) is 1.98. The summed E-state index contributed by atoms with van der Waals surface area (Å²) in [4.78, 5) is 4.22. The van der Waals surface area contributed by atoms with Gasteiger partial charge in [-0.1, -0.05) is 6.07 Å². The second-order valence-electron chi connectivity index (χ2n) is 2.88. The third-order valence-electron chi connectivity index (χ3n) is 2.03. The van der Waals surface area contributed by atoms with Crippen LogP contribution in [0.25, 0.3) is 11.0 Å². The van der Waals surface area contributed by atoms with Crippen LogP contribution in [-0.2, 0) is 13.6 Å². The lowest BCUT2D eigenvalue weighted by molar-refractivity contribution is 0.945. The second-order valence-corrected chi connectivity index (χ2v) is 2.88. The molecule has 0 bridgehead atoms. The van der Waals surface area contributed by atoms with Crippen LogP contribution < -0.4 is 5.73 Å². The van der Waals surface area contributed by atoms with Crippen molar-refractivity contribution >= 4 is 35.8 Å². The van der Waals surface area contributed by atoms with Crippen LogP contribution in [-0.4, -0.2) is 9.55 Å². The third-order valence-corrected chi connectivity index (χ3v) is 2.03. The molecule has 0 amide bonds. The molecule has 0 spiro atoms. The lowest BCUT2D eigenvalue weighted by atomic mass is 10.2. The maximum atomic E-state index is 5.53. The average molecular weight is 234 g/mol. The number of nitrogens with two attached hydrogens (primary N) is 1. The maximum Gasteiger partial charge on any atom is 0.0955 e. The van der Waals surface area contributed by atoms with Crippen molar-refractivity contribution in [2.24, 2.45) is 12.8 Å². The molecule has 0 unspecified atom stereocenters. The highest BCUT2D eigenvalue weighted by Crippen LogP contribution is 2.13. The Bertz CT molecular complexity index is 411. The summed E-state index contributed by atoms with van der Waals surface area (Å²) in [6.45, 7) is 0.584. The molecule has 3 nitrogen and oxygen atoms in total. The van der Waals surface area contributed by atoms with E-state index >= 15 is 0 Å². The lowest BCUT2D eigenvalue weighted by Gasteiger charge is -1.97. The zero-order valence-electron chi connectivity index (χ0n) is 7.80. The summed E-state index contributed by atoms with van der Waals surface area (Å²) in [6, 6.07) is 6.08. The molecule has 1 heterocycles. The van der Waals surface area contributed by atoms with Gasteiger partial charge in [-0.3, -0.25) is 0 Å². The van der Waals surface area contributed by atoms with Gasteiger partial charge < -0.3 is 10.3 Å². The Kier molecular flexibility index (Phi) is 4.91. The first kappa shape index (κ1) is 13.2. The van der Waals surface area contributed by atoms with Gasteiger partial charge in [0.05, 0.1) is 17.4 Å². The number of rotatable bonds is 1. The van der Waals surface area contributed by atoms with Crippen LogP contribution in [0.1, 0.15) is 5.56 Å². The van der Waals surface area contributed by atoms with E-state index in [2.05, 4.69) is 11.1 Å². The fourth-order valence-corrected chi connectivity index (χ4v) is 1.30. The van der Waals surface area contributed by atoms with Crippen molar-refractivity contribution in [1.29, 1.82) is 0 Å². The van der Waals surface area contributed by atoms with E-state index in [1.807, 2.05) is 30.1 Å². The Morgan fingerprint density at radius 3 is 2.71 bits per heavy atom. The number of hydrogen-bond acceptors (Lipinski definition) is 2. The Morgan fingerprint density at radius 2 is 2.07 bits per heavy atom. The molecule has 78 valence electrons. The summed E-state index contributed by atoms with van der Waals surface area (Å²) in [5.41, 5.74) is 8.83. The van der Waals surface area contributed by atoms with Crippen LogP contribution in [0.3, 0.4) is 0 Å². The van der Waals surface area contributed by atoms with Crippen molar-refractivity contribution in [2.75, 3.05) is 0 Å². The molecule has 0 aliphatic carbocycles. The van der Waals surface area contributed by atoms with E-state index in [0.717, 1.165) is 16.6 Å². The Hall–Kier alpha value is -0.770. The molecule has 0 saturated heterocycles. The van der Waals surface area contributed by atoms with Crippen molar-refractivity contribution < 1.29 is 0 Å². The minimum absolute atomic E-state index is 0. The zero-order valence-corrected chi connectivity index (χ0v) is 9.44. The van der Waals surface area contributed by atoms with E-state index in [1.165, 1.54) is 0 Å². The predicted molar refractivity (Wildman–Crippen MR) is 63.1 cm³/mol. The normalized spacial score (nSPS) is 9.29. The fraction of sp³-hybridized carbons (Fsp3) is 0.222. The molecule has 5 heteroatoms. The number of hydrogen-bond donors (Lipinski definition) is 1. The van der Waals surface area contributed by atoms with Gasteiger partial charge in [-0.15, -0.1) is 24.8 Å². The quantitative estimate of drug-likeness (QED) is 0.818. The minimum Gasteiger partial charge on any atom is -0.334 e. The van der Waals surface area contributed by atoms with Gasteiger partial charge in [0.1, 0.15) is 0 Å². The Balaban J connectivity index is 0.000000845. The molecule has 0 aliphatic heterocycles. The second kappa shape index (κ2) is 5.20. The number of aromatic nitrogens is 2. The number of benzene rings is 1. The van der Waals surface area contributed by atoms with Crippen molar-refractivity contribution in [1.82, 2.24) is 9.55 Å². The monoisotopic (exact) mass is 233 g/mol. The standard InChI is InChI=1S/C9H11N3.2ClH/c1-12-6-11-8-3-2-7(5-10)4-9(8)12;;/h2-4,6H,5,10H2,1H3;2*1H. The SMILES string of the molecule is Cl.Cl.Cn1cnc2ccc(CN)cc21.